The Kier molecular flexibility index (Phi) is 54.3. The predicted octanol–water partition coefficient (Wildman–Crippen LogP) is 15.1. The summed E-state index contributed by atoms with van der Waals surface area (Å²) in [6, 6.07) is 0.941. The van der Waals surface area contributed by atoms with Crippen molar-refractivity contribution in [1.29, 1.82) is 0 Å². The van der Waals surface area contributed by atoms with Crippen molar-refractivity contribution in [1.82, 2.24) is 0 Å². The molecule has 2 unspecified atom stereocenters. The van der Waals surface area contributed by atoms with Crippen LogP contribution < -0.4 is 0 Å². The van der Waals surface area contributed by atoms with Gasteiger partial charge in [-0.25, -0.2) is 0 Å². The maximum atomic E-state index is 11.1. The first-order chi connectivity index (χ1) is 20.1. The van der Waals surface area contributed by atoms with Crippen LogP contribution >= 0.6 is 0 Å². The molecule has 0 aliphatic heterocycles. The zero-order valence-corrected chi connectivity index (χ0v) is 42.0. The molecule has 8 nitrogen and oxygen atoms in total. The zero-order valence-electron chi connectivity index (χ0n) is 33.9. The Morgan fingerprint density at radius 1 is 0.500 bits per heavy atom. The fourth-order valence-electron chi connectivity index (χ4n) is 4.86. The highest BCUT2D eigenvalue weighted by Crippen LogP contribution is 2.28. The first-order valence-corrected chi connectivity index (χ1v) is 40.8. The van der Waals surface area contributed by atoms with E-state index >= 15 is 0 Å². The second-order valence-corrected chi connectivity index (χ2v) is 48.6. The van der Waals surface area contributed by atoms with E-state index in [1.165, 1.54) is 0 Å². The third-order valence-corrected chi connectivity index (χ3v) is 30.9. The minimum atomic E-state index is -2.28. The molecule has 2 atom stereocenters. The van der Waals surface area contributed by atoms with Gasteiger partial charge in [0.05, 0.1) is 0 Å². The average molecular weight is 918 g/mol. The number of hydrogen-bond donors (Lipinski definition) is 0. The van der Waals surface area contributed by atoms with Crippen molar-refractivity contribution in [2.75, 3.05) is 0 Å². The Balaban J connectivity index is -0.0000000589. The molecule has 0 fully saturated rings. The van der Waals surface area contributed by atoms with Crippen molar-refractivity contribution in [3.63, 3.8) is 0 Å². The van der Waals surface area contributed by atoms with Crippen LogP contribution in [-0.4, -0.2) is 79.8 Å². The zero-order chi connectivity index (χ0) is 37.4. The van der Waals surface area contributed by atoms with Gasteiger partial charge in [0.25, 0.3) is 9.28 Å². The Labute approximate surface area is 354 Å². The normalized spacial score (nSPS) is 12.8. The summed E-state index contributed by atoms with van der Waals surface area (Å²) in [5.41, 5.74) is 0. The van der Waals surface area contributed by atoms with E-state index in [1.807, 2.05) is 0 Å². The highest BCUT2D eigenvalue weighted by Gasteiger charge is 2.44. The van der Waals surface area contributed by atoms with Gasteiger partial charge >= 0.3 is 25.7 Å². The summed E-state index contributed by atoms with van der Waals surface area (Å²) in [5.74, 6) is 0.497. The highest BCUT2D eigenvalue weighted by atomic mass is 28.5. The fourth-order valence-corrected chi connectivity index (χ4v) is 37.2. The Morgan fingerprint density at radius 3 is 1.13 bits per heavy atom. The third kappa shape index (κ3) is 64.5. The van der Waals surface area contributed by atoms with Crippen molar-refractivity contribution in [2.24, 2.45) is 0 Å². The molecule has 54 heavy (non-hydrogen) atoms. The Hall–Kier alpha value is 0.575. The molecule has 0 saturated carbocycles. The molecule has 0 aromatic rings. The van der Waals surface area contributed by atoms with Gasteiger partial charge in [-0.05, 0) is 151 Å². The van der Waals surface area contributed by atoms with Gasteiger partial charge in [0.15, 0.2) is 33.3 Å². The monoisotopic (exact) mass is 917 g/mol. The van der Waals surface area contributed by atoms with E-state index in [9.17, 15) is 9.59 Å². The molecule has 0 aromatic carbocycles. The fraction of sp³-hybridized carbons (Fsp3) is 0.895. The molecule has 340 valence electrons. The molecule has 16 heteroatoms. The number of ketones is 2. The first-order valence-electron chi connectivity index (χ1n) is 16.9. The number of carbonyl (C=O) groups is 2. The average Bonchev–Trinajstić information content (AvgIpc) is 2.68. The van der Waals surface area contributed by atoms with E-state index in [4.69, 9.17) is 24.7 Å². The number of unbranched alkanes of at least 4 members (excludes halogenated alkanes) is 1. The van der Waals surface area contributed by atoms with Gasteiger partial charge in [-0.1, -0.05) is 71.9 Å². The van der Waals surface area contributed by atoms with Gasteiger partial charge in [-0.3, -0.25) is 0 Å². The van der Waals surface area contributed by atoms with Crippen molar-refractivity contribution < 1.29 is 34.3 Å². The summed E-state index contributed by atoms with van der Waals surface area (Å²) >= 11 is 0. The molecule has 0 aliphatic rings. The summed E-state index contributed by atoms with van der Waals surface area (Å²) in [5, 5.41) is 0. The maximum absolute atomic E-state index is 11.1. The van der Waals surface area contributed by atoms with E-state index in [1.54, 1.807) is 19.9 Å². The second kappa shape index (κ2) is 35.5. The summed E-state index contributed by atoms with van der Waals surface area (Å²) in [4.78, 5) is 21.3. The standard InChI is InChI=1S/C15H38O4Si4.C9H28O3Si4.C6H10O.8CH4/c1-15(16)13-11-12-14-23(10,18-21(5,6)7)19-22(8,9)17-20(2,3)4;1-13(10-14(2,3)4)11-16(8,9)12-15(5,6)7;1-3-4-5-6(2)7;;;;;;;;/h11-14H2,1-10H3;13H,1-9H3;3H,1,4-5H2,2H3;8*1H4. The van der Waals surface area contributed by atoms with Crippen molar-refractivity contribution >= 4 is 79.8 Å². The van der Waals surface area contributed by atoms with Gasteiger partial charge in [0.2, 0.25) is 0 Å². The molecule has 0 N–H and O–H groups in total. The lowest BCUT2D eigenvalue weighted by Gasteiger charge is -2.41. The van der Waals surface area contributed by atoms with Gasteiger partial charge in [0.1, 0.15) is 11.6 Å². The molecule has 0 aliphatic carbocycles. The van der Waals surface area contributed by atoms with Gasteiger partial charge in [-0.15, -0.1) is 6.58 Å². The molecule has 0 spiro atoms. The SMILES string of the molecule is C.C.C.C.C.C.C.C.C=CCCC(C)=O.CC(=O)CCCC[Si](C)(O[Si](C)(C)C)O[Si](C)(C)O[Si](C)(C)C.C[SiH](O[Si](C)(C)C)O[Si](C)(C)O[Si](C)(C)C. The van der Waals surface area contributed by atoms with Crippen LogP contribution in [0.2, 0.25) is 124 Å². The van der Waals surface area contributed by atoms with E-state index in [0.29, 0.717) is 12.8 Å². The quantitative estimate of drug-likeness (QED) is 0.0678. The van der Waals surface area contributed by atoms with Crippen LogP contribution in [0.25, 0.3) is 0 Å². The molecule has 0 radical (unpaired) electrons. The van der Waals surface area contributed by atoms with Crippen LogP contribution in [0.5, 0.6) is 0 Å². The highest BCUT2D eigenvalue weighted by molar-refractivity contribution is 6.89. The molecule has 0 rings (SSSR count). The Morgan fingerprint density at radius 2 is 0.852 bits per heavy atom. The predicted molar refractivity (Wildman–Crippen MR) is 273 cm³/mol. The van der Waals surface area contributed by atoms with E-state index < -0.39 is 68.2 Å². The molecule has 0 heterocycles. The largest absolute Gasteiger partial charge is 0.439 e. The summed E-state index contributed by atoms with van der Waals surface area (Å²) in [6.45, 7) is 46.0. The first kappa shape index (κ1) is 82.5. The topological polar surface area (TPSA) is 89.5 Å². The number of Topliss-reactive ketones (excluding diaryl/α,β-unsaturated/α-hetero) is 2. The van der Waals surface area contributed by atoms with E-state index in [2.05, 4.69) is 124 Å². The van der Waals surface area contributed by atoms with Crippen LogP contribution in [0.4, 0.5) is 0 Å². The minimum absolute atomic E-state index is 0. The number of allylic oxidation sites excluding steroid dienone is 1. The maximum Gasteiger partial charge on any atom is 0.315 e. The molecular formula is C38H108O8Si8. The lowest BCUT2D eigenvalue weighted by Crippen LogP contribution is -2.56. The smallest absolute Gasteiger partial charge is 0.315 e. The van der Waals surface area contributed by atoms with Crippen molar-refractivity contribution in [3.05, 3.63) is 12.7 Å². The van der Waals surface area contributed by atoms with Gasteiger partial charge in [-0.2, -0.15) is 0 Å². The van der Waals surface area contributed by atoms with Crippen LogP contribution in [-0.2, 0) is 34.3 Å². The summed E-state index contributed by atoms with van der Waals surface area (Å²) in [6.07, 6.45) is 5.78. The molecule has 0 amide bonds. The van der Waals surface area contributed by atoms with E-state index in [-0.39, 0.29) is 71.0 Å². The number of carbonyl (C=O) groups excluding carboxylic acids is 2. The molecule has 0 bridgehead atoms. The van der Waals surface area contributed by atoms with Crippen molar-refractivity contribution in [2.45, 2.75) is 229 Å². The lowest BCUT2D eigenvalue weighted by molar-refractivity contribution is -0.117. The Bertz CT molecular complexity index is 896. The molecular weight excluding hydrogens is 809 g/mol. The van der Waals surface area contributed by atoms with E-state index in [0.717, 1.165) is 25.3 Å². The second-order valence-electron chi connectivity index (χ2n) is 17.0. The third-order valence-electron chi connectivity index (χ3n) is 5.17. The number of rotatable bonds is 20. The van der Waals surface area contributed by atoms with Crippen LogP contribution in [0.3, 0.4) is 0 Å². The molecule has 0 saturated heterocycles. The van der Waals surface area contributed by atoms with Crippen LogP contribution in [0.1, 0.15) is 105 Å². The van der Waals surface area contributed by atoms with Crippen LogP contribution in [0, 0.1) is 0 Å². The summed E-state index contributed by atoms with van der Waals surface area (Å²) < 4.78 is 37.7. The summed E-state index contributed by atoms with van der Waals surface area (Å²) in [7, 11) is -14.3. The van der Waals surface area contributed by atoms with Crippen LogP contribution in [0.15, 0.2) is 12.7 Å². The van der Waals surface area contributed by atoms with Crippen molar-refractivity contribution in [3.8, 4) is 0 Å². The van der Waals surface area contributed by atoms with Gasteiger partial charge in [0, 0.05) is 12.8 Å². The lowest BCUT2D eigenvalue weighted by atomic mass is 10.2. The molecule has 0 aromatic heterocycles. The van der Waals surface area contributed by atoms with Gasteiger partial charge < -0.3 is 34.3 Å². The minimum Gasteiger partial charge on any atom is -0.439 e. The number of hydrogen-bond acceptors (Lipinski definition) is 8.